The van der Waals surface area contributed by atoms with Gasteiger partial charge in [0.2, 0.25) is 11.8 Å². The van der Waals surface area contributed by atoms with Gasteiger partial charge < -0.3 is 15.0 Å². The minimum Gasteiger partial charge on any atom is -0.494 e. The summed E-state index contributed by atoms with van der Waals surface area (Å²) in [5.41, 5.74) is 2.04. The molecule has 0 aliphatic carbocycles. The molecule has 3 rings (SSSR count). The first-order valence-electron chi connectivity index (χ1n) is 13.7. The first kappa shape index (κ1) is 32.0. The number of hydrogen-bond acceptors (Lipinski definition) is 5. The summed E-state index contributed by atoms with van der Waals surface area (Å²) in [7, 11) is -4.16. The largest absolute Gasteiger partial charge is 0.494 e. The maximum absolute atomic E-state index is 14.0. The van der Waals surface area contributed by atoms with Crippen LogP contribution in [0.25, 0.3) is 0 Å². The van der Waals surface area contributed by atoms with Crippen LogP contribution in [-0.4, -0.2) is 50.9 Å². The highest BCUT2D eigenvalue weighted by Crippen LogP contribution is 2.26. The lowest BCUT2D eigenvalue weighted by Gasteiger charge is -2.32. The molecule has 1 unspecified atom stereocenters. The Morgan fingerprint density at radius 3 is 2.17 bits per heavy atom. The maximum Gasteiger partial charge on any atom is 0.264 e. The van der Waals surface area contributed by atoms with E-state index in [-0.39, 0.29) is 17.3 Å². The molecule has 0 saturated heterocycles. The van der Waals surface area contributed by atoms with Crippen molar-refractivity contribution >= 4 is 39.1 Å². The average Bonchev–Trinajstić information content (AvgIpc) is 2.96. The number of nitrogens with zero attached hydrogens (tertiary/aromatic N) is 2. The van der Waals surface area contributed by atoms with E-state index in [2.05, 4.69) is 5.32 Å². The number of sulfonamides is 1. The Hall–Kier alpha value is -3.56. The summed E-state index contributed by atoms with van der Waals surface area (Å²) in [6, 6.07) is 19.1. The minimum atomic E-state index is -4.16. The number of hydrogen-bond donors (Lipinski definition) is 1. The van der Waals surface area contributed by atoms with Gasteiger partial charge in [0.15, 0.2) is 0 Å². The Bertz CT molecular complexity index is 1400. The molecule has 0 spiro atoms. The number of carbonyl (C=O) groups excluding carboxylic acids is 2. The van der Waals surface area contributed by atoms with Gasteiger partial charge in [-0.05, 0) is 81.3 Å². The fourth-order valence-electron chi connectivity index (χ4n) is 4.15. The Morgan fingerprint density at radius 2 is 1.59 bits per heavy atom. The SMILES string of the molecule is CCCCNC(=O)C(C)N(Cc1ccc(Cl)cc1)C(=O)CN(c1ccc(C)cc1)S(=O)(=O)c1ccc(OCC)cc1. The number of nitrogens with one attached hydrogen (secondary N) is 1. The summed E-state index contributed by atoms with van der Waals surface area (Å²) < 4.78 is 34.4. The molecule has 0 bridgehead atoms. The van der Waals surface area contributed by atoms with Gasteiger partial charge in [-0.25, -0.2) is 8.42 Å². The Kier molecular flexibility index (Phi) is 11.6. The van der Waals surface area contributed by atoms with Crippen LogP contribution in [0.2, 0.25) is 5.02 Å². The van der Waals surface area contributed by atoms with Crippen molar-refractivity contribution < 1.29 is 22.7 Å². The molecule has 3 aromatic rings. The van der Waals surface area contributed by atoms with Crippen molar-refractivity contribution in [3.05, 3.63) is 88.9 Å². The third-order valence-corrected chi connectivity index (χ3v) is 8.63. The van der Waals surface area contributed by atoms with Crippen LogP contribution in [0.4, 0.5) is 5.69 Å². The van der Waals surface area contributed by atoms with E-state index in [0.29, 0.717) is 29.6 Å². The lowest BCUT2D eigenvalue weighted by Crippen LogP contribution is -2.51. The summed E-state index contributed by atoms with van der Waals surface area (Å²) in [6.07, 6.45) is 1.72. The molecule has 8 nitrogen and oxygen atoms in total. The number of amides is 2. The first-order chi connectivity index (χ1) is 19.6. The van der Waals surface area contributed by atoms with Gasteiger partial charge in [0.1, 0.15) is 18.3 Å². The summed E-state index contributed by atoms with van der Waals surface area (Å²) in [5.74, 6) is -0.286. The van der Waals surface area contributed by atoms with Crippen LogP contribution in [0.5, 0.6) is 5.75 Å². The third-order valence-electron chi connectivity index (χ3n) is 6.59. The van der Waals surface area contributed by atoms with Gasteiger partial charge in [-0.2, -0.15) is 0 Å². The van der Waals surface area contributed by atoms with Crippen LogP contribution >= 0.6 is 11.6 Å². The summed E-state index contributed by atoms with van der Waals surface area (Å²) >= 11 is 6.05. The predicted octanol–water partition coefficient (Wildman–Crippen LogP) is 5.58. The summed E-state index contributed by atoms with van der Waals surface area (Å²) in [6.45, 7) is 7.95. The molecule has 1 N–H and O–H groups in total. The standard InChI is InChI=1S/C31H38ClN3O5S/c1-5-7-20-33-31(37)24(4)34(21-25-10-12-26(32)13-11-25)30(36)22-35(27-14-8-23(3)9-15-27)41(38,39)29-18-16-28(17-19-29)40-6-2/h8-19,24H,5-7,20-22H2,1-4H3,(H,33,37). The second kappa shape index (κ2) is 14.9. The summed E-state index contributed by atoms with van der Waals surface area (Å²) in [5, 5.41) is 3.42. The maximum atomic E-state index is 14.0. The molecule has 0 aliphatic heterocycles. The van der Waals surface area contributed by atoms with E-state index in [9.17, 15) is 18.0 Å². The zero-order valence-electron chi connectivity index (χ0n) is 24.0. The predicted molar refractivity (Wildman–Crippen MR) is 163 cm³/mol. The number of benzene rings is 3. The Labute approximate surface area is 248 Å². The van der Waals surface area contributed by atoms with E-state index in [1.54, 1.807) is 67.6 Å². The molecule has 0 aromatic heterocycles. The summed E-state index contributed by atoms with van der Waals surface area (Å²) in [4.78, 5) is 28.4. The quantitative estimate of drug-likeness (QED) is 0.244. The first-order valence-corrected chi connectivity index (χ1v) is 15.5. The number of aryl methyl sites for hydroxylation is 1. The van der Waals surface area contributed by atoms with Crippen LogP contribution in [0.3, 0.4) is 0 Å². The monoisotopic (exact) mass is 599 g/mol. The molecular weight excluding hydrogens is 562 g/mol. The molecule has 10 heteroatoms. The normalized spacial score (nSPS) is 11.9. The molecule has 0 radical (unpaired) electrons. The van der Waals surface area contributed by atoms with E-state index in [4.69, 9.17) is 16.3 Å². The minimum absolute atomic E-state index is 0.0175. The highest BCUT2D eigenvalue weighted by molar-refractivity contribution is 7.92. The lowest BCUT2D eigenvalue weighted by atomic mass is 10.1. The highest BCUT2D eigenvalue weighted by atomic mass is 35.5. The number of halogens is 1. The van der Waals surface area contributed by atoms with Crippen molar-refractivity contribution in [2.75, 3.05) is 24.0 Å². The van der Waals surface area contributed by atoms with Gasteiger partial charge in [-0.3, -0.25) is 13.9 Å². The second-order valence-corrected chi connectivity index (χ2v) is 12.0. The molecule has 41 heavy (non-hydrogen) atoms. The van der Waals surface area contributed by atoms with Crippen molar-refractivity contribution in [3.63, 3.8) is 0 Å². The van der Waals surface area contributed by atoms with Gasteiger partial charge in [-0.15, -0.1) is 0 Å². The van der Waals surface area contributed by atoms with Gasteiger partial charge in [-0.1, -0.05) is 54.8 Å². The number of rotatable bonds is 14. The third kappa shape index (κ3) is 8.71. The number of anilines is 1. The molecule has 0 aliphatic rings. The van der Waals surface area contributed by atoms with E-state index in [1.165, 1.54) is 17.0 Å². The fourth-order valence-corrected chi connectivity index (χ4v) is 5.69. The highest BCUT2D eigenvalue weighted by Gasteiger charge is 2.32. The Morgan fingerprint density at radius 1 is 0.951 bits per heavy atom. The van der Waals surface area contributed by atoms with Crippen LogP contribution in [0.1, 0.15) is 44.7 Å². The van der Waals surface area contributed by atoms with Gasteiger partial charge >= 0.3 is 0 Å². The molecule has 0 fully saturated rings. The molecule has 0 saturated carbocycles. The fraction of sp³-hybridized carbons (Fsp3) is 0.355. The topological polar surface area (TPSA) is 96.0 Å². The van der Waals surface area contributed by atoms with Gasteiger partial charge in [0, 0.05) is 18.1 Å². The van der Waals surface area contributed by atoms with Crippen molar-refractivity contribution in [1.82, 2.24) is 10.2 Å². The van der Waals surface area contributed by atoms with Crippen molar-refractivity contribution in [2.45, 2.75) is 58.0 Å². The van der Waals surface area contributed by atoms with Crippen LogP contribution in [0, 0.1) is 6.92 Å². The van der Waals surface area contributed by atoms with E-state index >= 15 is 0 Å². The van der Waals surface area contributed by atoms with Crippen molar-refractivity contribution in [1.29, 1.82) is 0 Å². The van der Waals surface area contributed by atoms with E-state index < -0.39 is 28.5 Å². The Balaban J connectivity index is 1.98. The smallest absolute Gasteiger partial charge is 0.264 e. The molecule has 1 atom stereocenters. The second-order valence-electron chi connectivity index (χ2n) is 9.72. The van der Waals surface area contributed by atoms with E-state index in [0.717, 1.165) is 28.3 Å². The van der Waals surface area contributed by atoms with Crippen LogP contribution in [-0.2, 0) is 26.2 Å². The van der Waals surface area contributed by atoms with Gasteiger partial charge in [0.05, 0.1) is 17.2 Å². The van der Waals surface area contributed by atoms with Crippen molar-refractivity contribution in [3.8, 4) is 5.75 Å². The van der Waals surface area contributed by atoms with E-state index in [1.807, 2.05) is 20.8 Å². The lowest BCUT2D eigenvalue weighted by molar-refractivity contribution is -0.139. The molecular formula is C31H38ClN3O5S. The molecule has 2 amide bonds. The number of unbranched alkanes of at least 4 members (excludes halogenated alkanes) is 1. The average molecular weight is 600 g/mol. The van der Waals surface area contributed by atoms with Gasteiger partial charge in [0.25, 0.3) is 10.0 Å². The molecule has 220 valence electrons. The zero-order chi connectivity index (χ0) is 30.0. The number of carbonyl (C=O) groups is 2. The van der Waals surface area contributed by atoms with Crippen LogP contribution in [0.15, 0.2) is 77.7 Å². The number of ether oxygens (including phenoxy) is 1. The molecule has 0 heterocycles. The zero-order valence-corrected chi connectivity index (χ0v) is 25.5. The molecule has 3 aromatic carbocycles. The van der Waals surface area contributed by atoms with Crippen LogP contribution < -0.4 is 14.4 Å². The van der Waals surface area contributed by atoms with Crippen molar-refractivity contribution in [2.24, 2.45) is 0 Å².